The second-order valence-corrected chi connectivity index (χ2v) is 7.70. The van der Waals surface area contributed by atoms with Crippen molar-refractivity contribution >= 4 is 0 Å². The molecule has 1 aliphatic carbocycles. The van der Waals surface area contributed by atoms with Crippen LogP contribution >= 0.6 is 0 Å². The molecule has 3 heteroatoms. The predicted octanol–water partition coefficient (Wildman–Crippen LogP) is 2.48. The zero-order chi connectivity index (χ0) is 14.6. The minimum Gasteiger partial charge on any atom is -0.393 e. The van der Waals surface area contributed by atoms with Crippen LogP contribution in [0.15, 0.2) is 0 Å². The first kappa shape index (κ1) is 16.9. The van der Waals surface area contributed by atoms with Crippen LogP contribution in [-0.2, 0) is 0 Å². The van der Waals surface area contributed by atoms with Crippen LogP contribution in [0.25, 0.3) is 0 Å². The molecule has 0 radical (unpaired) electrons. The highest BCUT2D eigenvalue weighted by molar-refractivity contribution is 4.88. The normalized spacial score (nSPS) is 30.6. The largest absolute Gasteiger partial charge is 0.393 e. The lowest BCUT2D eigenvalue weighted by Crippen LogP contribution is -2.44. The molecule has 0 aromatic carbocycles. The molecule has 0 saturated heterocycles. The first-order chi connectivity index (χ1) is 8.70. The lowest BCUT2D eigenvalue weighted by Gasteiger charge is -2.42. The van der Waals surface area contributed by atoms with E-state index in [9.17, 15) is 5.11 Å². The minimum atomic E-state index is -0.204. The van der Waals surface area contributed by atoms with E-state index >= 15 is 0 Å². The topological polar surface area (TPSA) is 49.5 Å². The number of rotatable bonds is 5. The summed E-state index contributed by atoms with van der Waals surface area (Å²) in [5.41, 5.74) is 6.71. The van der Waals surface area contributed by atoms with Gasteiger partial charge >= 0.3 is 0 Å². The van der Waals surface area contributed by atoms with Crippen LogP contribution in [0.4, 0.5) is 0 Å². The van der Waals surface area contributed by atoms with Gasteiger partial charge in [-0.3, -0.25) is 0 Å². The molecular formula is C16H34N2O. The molecule has 3 N–H and O–H groups in total. The number of aliphatic hydroxyl groups is 1. The van der Waals surface area contributed by atoms with E-state index in [1.807, 2.05) is 6.92 Å². The van der Waals surface area contributed by atoms with Crippen molar-refractivity contribution in [1.29, 1.82) is 0 Å². The van der Waals surface area contributed by atoms with Gasteiger partial charge in [-0.1, -0.05) is 20.8 Å². The Labute approximate surface area is 119 Å². The number of hydrogen-bond donors (Lipinski definition) is 2. The Bertz CT molecular complexity index is 260. The van der Waals surface area contributed by atoms with Crippen LogP contribution < -0.4 is 5.73 Å². The summed E-state index contributed by atoms with van der Waals surface area (Å²) in [4.78, 5) is 2.34. The maximum Gasteiger partial charge on any atom is 0.0524 e. The van der Waals surface area contributed by atoms with Crippen LogP contribution in [0, 0.1) is 17.3 Å². The summed E-state index contributed by atoms with van der Waals surface area (Å²) in [6.45, 7) is 10.9. The van der Waals surface area contributed by atoms with Crippen molar-refractivity contribution in [3.8, 4) is 0 Å². The van der Waals surface area contributed by atoms with E-state index in [1.165, 1.54) is 12.8 Å². The maximum atomic E-state index is 9.36. The van der Waals surface area contributed by atoms with Crippen molar-refractivity contribution < 1.29 is 5.11 Å². The smallest absolute Gasteiger partial charge is 0.0524 e. The van der Waals surface area contributed by atoms with E-state index < -0.39 is 0 Å². The zero-order valence-corrected chi connectivity index (χ0v) is 13.5. The summed E-state index contributed by atoms with van der Waals surface area (Å²) in [7, 11) is 2.15. The van der Waals surface area contributed by atoms with Gasteiger partial charge in [-0.15, -0.1) is 0 Å². The molecule has 4 atom stereocenters. The van der Waals surface area contributed by atoms with Gasteiger partial charge in [0.05, 0.1) is 6.10 Å². The van der Waals surface area contributed by atoms with Crippen LogP contribution in [0.5, 0.6) is 0 Å². The van der Waals surface area contributed by atoms with Crippen LogP contribution in [-0.4, -0.2) is 42.3 Å². The van der Waals surface area contributed by atoms with E-state index in [0.29, 0.717) is 17.4 Å². The van der Waals surface area contributed by atoms with E-state index in [1.54, 1.807) is 0 Å². The molecule has 0 amide bonds. The minimum absolute atomic E-state index is 0.204. The molecule has 1 saturated carbocycles. The van der Waals surface area contributed by atoms with Gasteiger partial charge in [0.15, 0.2) is 0 Å². The van der Waals surface area contributed by atoms with E-state index in [0.717, 1.165) is 31.8 Å². The van der Waals surface area contributed by atoms with Crippen molar-refractivity contribution in [2.45, 2.75) is 65.5 Å². The third kappa shape index (κ3) is 5.80. The first-order valence-corrected chi connectivity index (χ1v) is 7.82. The van der Waals surface area contributed by atoms with Crippen molar-refractivity contribution in [2.75, 3.05) is 20.1 Å². The Kier molecular flexibility index (Phi) is 6.28. The summed E-state index contributed by atoms with van der Waals surface area (Å²) >= 11 is 0. The lowest BCUT2D eigenvalue weighted by atomic mass is 9.67. The second-order valence-electron chi connectivity index (χ2n) is 7.70. The van der Waals surface area contributed by atoms with Crippen molar-refractivity contribution in [1.82, 2.24) is 4.90 Å². The summed E-state index contributed by atoms with van der Waals surface area (Å²) in [5, 5.41) is 9.36. The SMILES string of the molecule is CC(O)CCN(C)CC1CC(C(C)(C)C)CCC1N. The van der Waals surface area contributed by atoms with E-state index in [2.05, 4.69) is 32.7 Å². The number of nitrogens with two attached hydrogens (primary N) is 1. The Morgan fingerprint density at radius 3 is 2.47 bits per heavy atom. The fraction of sp³-hybridized carbons (Fsp3) is 1.00. The average Bonchev–Trinajstić information content (AvgIpc) is 2.28. The van der Waals surface area contributed by atoms with Gasteiger partial charge in [0.25, 0.3) is 0 Å². The molecule has 0 bridgehead atoms. The number of aliphatic hydroxyl groups excluding tert-OH is 1. The highest BCUT2D eigenvalue weighted by atomic mass is 16.3. The average molecular weight is 270 g/mol. The molecule has 0 heterocycles. The molecule has 114 valence electrons. The molecule has 4 unspecified atom stereocenters. The fourth-order valence-electron chi connectivity index (χ4n) is 3.18. The van der Waals surface area contributed by atoms with Gasteiger partial charge < -0.3 is 15.7 Å². The molecule has 3 nitrogen and oxygen atoms in total. The van der Waals surface area contributed by atoms with Crippen molar-refractivity contribution in [2.24, 2.45) is 23.0 Å². The quantitative estimate of drug-likeness (QED) is 0.807. The zero-order valence-electron chi connectivity index (χ0n) is 13.5. The summed E-state index contributed by atoms with van der Waals surface area (Å²) < 4.78 is 0. The van der Waals surface area contributed by atoms with Gasteiger partial charge in [0.1, 0.15) is 0 Å². The van der Waals surface area contributed by atoms with Gasteiger partial charge in [0, 0.05) is 19.1 Å². The molecule has 1 rings (SSSR count). The molecule has 1 aliphatic rings. The maximum absolute atomic E-state index is 9.36. The Balaban J connectivity index is 2.46. The van der Waals surface area contributed by atoms with E-state index in [-0.39, 0.29) is 6.10 Å². The summed E-state index contributed by atoms with van der Waals surface area (Å²) in [6, 6.07) is 0.354. The second kappa shape index (κ2) is 7.05. The molecule has 19 heavy (non-hydrogen) atoms. The molecule has 1 fully saturated rings. The number of nitrogens with zero attached hydrogens (tertiary/aromatic N) is 1. The van der Waals surface area contributed by atoms with Crippen LogP contribution in [0.1, 0.15) is 53.4 Å². The van der Waals surface area contributed by atoms with Gasteiger partial charge in [-0.2, -0.15) is 0 Å². The Morgan fingerprint density at radius 1 is 1.32 bits per heavy atom. The first-order valence-electron chi connectivity index (χ1n) is 7.82. The number of hydrogen-bond acceptors (Lipinski definition) is 3. The van der Waals surface area contributed by atoms with Crippen molar-refractivity contribution in [3.05, 3.63) is 0 Å². The highest BCUT2D eigenvalue weighted by Gasteiger charge is 2.34. The summed E-state index contributed by atoms with van der Waals surface area (Å²) in [5.74, 6) is 1.40. The Hall–Kier alpha value is -0.120. The third-order valence-electron chi connectivity index (χ3n) is 4.74. The molecule has 0 aromatic heterocycles. The van der Waals surface area contributed by atoms with Gasteiger partial charge in [-0.05, 0) is 56.9 Å². The lowest BCUT2D eigenvalue weighted by molar-refractivity contribution is 0.0994. The Morgan fingerprint density at radius 2 is 1.95 bits per heavy atom. The van der Waals surface area contributed by atoms with Gasteiger partial charge in [-0.25, -0.2) is 0 Å². The van der Waals surface area contributed by atoms with E-state index in [4.69, 9.17) is 5.73 Å². The predicted molar refractivity (Wildman–Crippen MR) is 82.1 cm³/mol. The van der Waals surface area contributed by atoms with Crippen molar-refractivity contribution in [3.63, 3.8) is 0 Å². The fourth-order valence-corrected chi connectivity index (χ4v) is 3.18. The molecule has 0 aromatic rings. The molecule has 0 spiro atoms. The summed E-state index contributed by atoms with van der Waals surface area (Å²) in [6.07, 6.45) is 4.34. The highest BCUT2D eigenvalue weighted by Crippen LogP contribution is 2.39. The monoisotopic (exact) mass is 270 g/mol. The third-order valence-corrected chi connectivity index (χ3v) is 4.74. The standard InChI is InChI=1S/C16H34N2O/c1-12(19)8-9-18(5)11-13-10-14(16(2,3)4)6-7-15(13)17/h12-15,19H,6-11,17H2,1-5H3. The van der Waals surface area contributed by atoms with Crippen LogP contribution in [0.2, 0.25) is 0 Å². The molecule has 0 aliphatic heterocycles. The van der Waals surface area contributed by atoms with Gasteiger partial charge in [0.2, 0.25) is 0 Å². The molecular weight excluding hydrogens is 236 g/mol. The van der Waals surface area contributed by atoms with Crippen LogP contribution in [0.3, 0.4) is 0 Å².